The van der Waals surface area contributed by atoms with E-state index in [1.54, 1.807) is 0 Å². The van der Waals surface area contributed by atoms with E-state index >= 15 is 0 Å². The van der Waals surface area contributed by atoms with Crippen molar-refractivity contribution in [2.45, 2.75) is 81.5 Å². The van der Waals surface area contributed by atoms with Crippen molar-refractivity contribution in [3.05, 3.63) is 41.5 Å². The summed E-state index contributed by atoms with van der Waals surface area (Å²) in [5, 5.41) is 10.2. The monoisotopic (exact) mass is 403 g/mol. The lowest BCUT2D eigenvalue weighted by molar-refractivity contribution is -0.285. The number of benzene rings is 1. The quantitative estimate of drug-likeness (QED) is 0.481. The lowest BCUT2D eigenvalue weighted by Gasteiger charge is -2.63. The van der Waals surface area contributed by atoms with Gasteiger partial charge >= 0.3 is 0 Å². The van der Waals surface area contributed by atoms with Crippen LogP contribution in [0.4, 0.5) is 0 Å². The minimum atomic E-state index is -0.207. The lowest BCUT2D eigenvalue weighted by Crippen LogP contribution is -2.71. The van der Waals surface area contributed by atoms with Crippen LogP contribution < -0.4 is 5.73 Å². The molecule has 8 atom stereocenters. The molecule has 1 spiro atoms. The Morgan fingerprint density at radius 3 is 2.80 bits per heavy atom. The van der Waals surface area contributed by atoms with E-state index < -0.39 is 0 Å². The van der Waals surface area contributed by atoms with Gasteiger partial charge in [0.25, 0.3) is 0 Å². The predicted molar refractivity (Wildman–Crippen MR) is 118 cm³/mol. The van der Waals surface area contributed by atoms with E-state index in [4.69, 9.17) is 10.5 Å². The molecule has 1 aromatic carbocycles. The van der Waals surface area contributed by atoms with E-state index in [1.165, 1.54) is 36.8 Å². The highest BCUT2D eigenvalue weighted by atomic mass is 16.5. The van der Waals surface area contributed by atoms with Crippen LogP contribution in [0.1, 0.15) is 75.3 Å². The number of ether oxygens (including phenoxy) is 1. The van der Waals surface area contributed by atoms with Crippen LogP contribution in [-0.2, 0) is 4.74 Å². The van der Waals surface area contributed by atoms with Crippen molar-refractivity contribution in [2.24, 2.45) is 29.4 Å². The summed E-state index contributed by atoms with van der Waals surface area (Å²) in [5.74, 6) is 9.65. The van der Waals surface area contributed by atoms with Crippen LogP contribution in [0.2, 0.25) is 0 Å². The number of aromatic hydroxyl groups is 1. The van der Waals surface area contributed by atoms with Crippen molar-refractivity contribution in [1.82, 2.24) is 0 Å². The van der Waals surface area contributed by atoms with Crippen LogP contribution in [0.3, 0.4) is 0 Å². The molecule has 2 aliphatic heterocycles. The summed E-state index contributed by atoms with van der Waals surface area (Å²) >= 11 is 0. The van der Waals surface area contributed by atoms with Crippen LogP contribution in [0.25, 0.3) is 0 Å². The molecule has 7 rings (SSSR count). The number of hydrogen-bond donors (Lipinski definition) is 2. The Kier molecular flexibility index (Phi) is 4.03. The third-order valence-electron chi connectivity index (χ3n) is 9.15. The second-order valence-corrected chi connectivity index (χ2v) is 11.0. The van der Waals surface area contributed by atoms with Gasteiger partial charge < -0.3 is 15.6 Å². The molecule has 30 heavy (non-hydrogen) atoms. The average Bonchev–Trinajstić information content (AvgIpc) is 2.74. The molecule has 3 heteroatoms. The van der Waals surface area contributed by atoms with Crippen molar-refractivity contribution in [3.8, 4) is 17.6 Å². The van der Waals surface area contributed by atoms with Crippen molar-refractivity contribution >= 4 is 0 Å². The van der Waals surface area contributed by atoms with E-state index in [0.29, 0.717) is 29.4 Å². The van der Waals surface area contributed by atoms with Gasteiger partial charge in [0, 0.05) is 17.9 Å². The molecule has 3 N–H and O–H groups in total. The standard InChI is InChI=1S/C27H33NO2/c1-26(2)23-12-13-27(30-26)18-5-3-4-17(14-18)20-9-6-16(7-11-24(27)25(23)28)22-15-19(29)8-10-21(20)22/h6,8-10,15-18,20,23-25,29H,3-5,12-14,28H2,1-2H3. The molecule has 8 unspecified atom stereocenters. The van der Waals surface area contributed by atoms with Crippen LogP contribution in [0.15, 0.2) is 30.4 Å². The maximum atomic E-state index is 10.2. The van der Waals surface area contributed by atoms with E-state index in [-0.39, 0.29) is 29.1 Å². The summed E-state index contributed by atoms with van der Waals surface area (Å²) in [4.78, 5) is 0. The maximum absolute atomic E-state index is 10.2. The Morgan fingerprint density at radius 1 is 1.10 bits per heavy atom. The fourth-order valence-electron chi connectivity index (χ4n) is 7.83. The molecule has 6 bridgehead atoms. The largest absolute Gasteiger partial charge is 0.508 e. The molecule has 158 valence electrons. The van der Waals surface area contributed by atoms with E-state index in [0.717, 1.165) is 12.8 Å². The van der Waals surface area contributed by atoms with Gasteiger partial charge in [-0.05, 0) is 81.0 Å². The molecule has 4 fully saturated rings. The van der Waals surface area contributed by atoms with Gasteiger partial charge in [-0.2, -0.15) is 0 Å². The van der Waals surface area contributed by atoms with Crippen LogP contribution in [0.5, 0.6) is 5.75 Å². The first-order chi connectivity index (χ1) is 14.4. The van der Waals surface area contributed by atoms with E-state index in [2.05, 4.69) is 43.9 Å². The Morgan fingerprint density at radius 2 is 1.97 bits per heavy atom. The zero-order valence-corrected chi connectivity index (χ0v) is 18.1. The molecular weight excluding hydrogens is 370 g/mol. The third-order valence-corrected chi connectivity index (χ3v) is 9.15. The van der Waals surface area contributed by atoms with Gasteiger partial charge in [0.1, 0.15) is 5.75 Å². The van der Waals surface area contributed by atoms with Gasteiger partial charge in [-0.3, -0.25) is 0 Å². The highest BCUT2D eigenvalue weighted by Gasteiger charge is 2.63. The maximum Gasteiger partial charge on any atom is 0.115 e. The number of nitrogens with two attached hydrogens (primary N) is 1. The summed E-state index contributed by atoms with van der Waals surface area (Å²) < 4.78 is 7.04. The Bertz CT molecular complexity index is 969. The molecule has 6 aliphatic rings. The second kappa shape index (κ2) is 6.38. The number of phenols is 1. The summed E-state index contributed by atoms with van der Waals surface area (Å²) in [6.45, 7) is 4.49. The number of allylic oxidation sites excluding steroid dienone is 2. The Balaban J connectivity index is 1.53. The van der Waals surface area contributed by atoms with Gasteiger partial charge in [-0.1, -0.05) is 36.5 Å². The first-order valence-corrected chi connectivity index (χ1v) is 11.9. The van der Waals surface area contributed by atoms with Crippen LogP contribution in [-0.4, -0.2) is 22.4 Å². The van der Waals surface area contributed by atoms with Crippen molar-refractivity contribution in [2.75, 3.05) is 0 Å². The molecule has 0 amide bonds. The number of fused-ring (bicyclic) bond motifs is 10. The van der Waals surface area contributed by atoms with Crippen molar-refractivity contribution < 1.29 is 9.84 Å². The van der Waals surface area contributed by atoms with Crippen molar-refractivity contribution in [3.63, 3.8) is 0 Å². The summed E-state index contributed by atoms with van der Waals surface area (Å²) in [6, 6.07) is 5.99. The lowest BCUT2D eigenvalue weighted by atomic mass is 9.54. The zero-order chi connectivity index (χ0) is 20.7. The molecule has 0 aromatic heterocycles. The fraction of sp³-hybridized carbons (Fsp3) is 0.630. The second-order valence-electron chi connectivity index (χ2n) is 11.0. The first kappa shape index (κ1) is 19.0. The first-order valence-electron chi connectivity index (χ1n) is 11.9. The van der Waals surface area contributed by atoms with Gasteiger partial charge in [-0.15, -0.1) is 0 Å². The molecule has 2 saturated heterocycles. The Labute approximate surface area is 180 Å². The van der Waals surface area contributed by atoms with E-state index in [9.17, 15) is 5.11 Å². The normalized spacial score (nSPS) is 45.0. The average molecular weight is 404 g/mol. The number of phenolic OH excluding ortho intramolecular Hbond substituents is 1. The SMILES string of the molecule is CC1(C)OC23CCC1C(N)C2C#CC1C=CC(c2ccc(O)cc21)C1CCCC3C1. The van der Waals surface area contributed by atoms with Gasteiger partial charge in [0.15, 0.2) is 0 Å². The van der Waals surface area contributed by atoms with Gasteiger partial charge in [0.2, 0.25) is 0 Å². The molecule has 2 saturated carbocycles. The molecule has 0 radical (unpaired) electrons. The predicted octanol–water partition coefficient (Wildman–Crippen LogP) is 4.85. The smallest absolute Gasteiger partial charge is 0.115 e. The molecule has 3 nitrogen and oxygen atoms in total. The number of rotatable bonds is 0. The molecular formula is C27H33NO2. The molecule has 1 aromatic rings. The Hall–Kier alpha value is -1.76. The topological polar surface area (TPSA) is 55.5 Å². The van der Waals surface area contributed by atoms with Crippen LogP contribution in [0, 0.1) is 35.5 Å². The highest BCUT2D eigenvalue weighted by Crippen LogP contribution is 2.59. The van der Waals surface area contributed by atoms with Crippen LogP contribution >= 0.6 is 0 Å². The minimum Gasteiger partial charge on any atom is -0.508 e. The van der Waals surface area contributed by atoms with E-state index in [1.807, 2.05) is 12.1 Å². The molecule has 4 aliphatic carbocycles. The summed E-state index contributed by atoms with van der Waals surface area (Å²) in [6.07, 6.45) is 11.9. The third kappa shape index (κ3) is 2.53. The zero-order valence-electron chi connectivity index (χ0n) is 18.1. The van der Waals surface area contributed by atoms with Gasteiger partial charge in [0.05, 0.1) is 23.0 Å². The molecule has 2 heterocycles. The summed E-state index contributed by atoms with van der Waals surface area (Å²) in [5.41, 5.74) is 9.10. The van der Waals surface area contributed by atoms with Gasteiger partial charge in [-0.25, -0.2) is 0 Å². The minimum absolute atomic E-state index is 0.0269. The highest BCUT2D eigenvalue weighted by molar-refractivity contribution is 5.50. The van der Waals surface area contributed by atoms with Crippen molar-refractivity contribution in [1.29, 1.82) is 0 Å². The number of hydrogen-bond acceptors (Lipinski definition) is 3. The summed E-state index contributed by atoms with van der Waals surface area (Å²) in [7, 11) is 0. The fourth-order valence-corrected chi connectivity index (χ4v) is 7.83.